The van der Waals surface area contributed by atoms with Crippen LogP contribution in [0.4, 0.5) is 0 Å². The Balaban J connectivity index is 2.14. The highest BCUT2D eigenvalue weighted by Gasteiger charge is 2.37. The number of benzene rings is 1. The molecule has 0 aliphatic heterocycles. The second-order valence-electron chi connectivity index (χ2n) is 7.03. The molecule has 0 amide bonds. The Hall–Kier alpha value is -1.49. The number of nitrogens with zero attached hydrogens (tertiary/aromatic N) is 1. The van der Waals surface area contributed by atoms with Crippen LogP contribution in [-0.2, 0) is 0 Å². The standard InChI is InChI=1S/C18H25NO/c1-13-7-5-6-8-16(13)20-17-11-15(18(2,3)4)10-9-14(17)12-19/h5-8,14-15,17H,9-11H2,1-4H3. The van der Waals surface area contributed by atoms with Crippen molar-refractivity contribution in [2.24, 2.45) is 17.3 Å². The first kappa shape index (κ1) is 14.9. The third kappa shape index (κ3) is 3.33. The van der Waals surface area contributed by atoms with Gasteiger partial charge >= 0.3 is 0 Å². The van der Waals surface area contributed by atoms with Gasteiger partial charge in [-0.15, -0.1) is 0 Å². The number of rotatable bonds is 2. The summed E-state index contributed by atoms with van der Waals surface area (Å²) in [5.74, 6) is 1.57. The van der Waals surface area contributed by atoms with E-state index in [2.05, 4.69) is 39.8 Å². The second kappa shape index (κ2) is 5.87. The molecule has 0 aromatic heterocycles. The minimum absolute atomic E-state index is 0.0215. The van der Waals surface area contributed by atoms with Crippen LogP contribution < -0.4 is 4.74 Å². The van der Waals surface area contributed by atoms with Gasteiger partial charge in [-0.25, -0.2) is 0 Å². The highest BCUT2D eigenvalue weighted by Crippen LogP contribution is 2.41. The van der Waals surface area contributed by atoms with Gasteiger partial charge in [0.25, 0.3) is 0 Å². The summed E-state index contributed by atoms with van der Waals surface area (Å²) in [7, 11) is 0. The third-order valence-corrected chi connectivity index (χ3v) is 4.55. The summed E-state index contributed by atoms with van der Waals surface area (Å²) >= 11 is 0. The van der Waals surface area contributed by atoms with Crippen LogP contribution in [-0.4, -0.2) is 6.10 Å². The molecule has 1 aromatic rings. The van der Waals surface area contributed by atoms with E-state index in [1.165, 1.54) is 0 Å². The number of ether oxygens (including phenoxy) is 1. The average Bonchev–Trinajstić information content (AvgIpc) is 2.40. The Morgan fingerprint density at radius 2 is 1.90 bits per heavy atom. The minimum atomic E-state index is 0.0215. The maximum atomic E-state index is 9.37. The lowest BCUT2D eigenvalue weighted by Gasteiger charge is -2.39. The van der Waals surface area contributed by atoms with Crippen LogP contribution in [0, 0.1) is 35.5 Å². The molecule has 20 heavy (non-hydrogen) atoms. The Morgan fingerprint density at radius 3 is 2.50 bits per heavy atom. The van der Waals surface area contributed by atoms with E-state index in [0.29, 0.717) is 5.92 Å². The first-order valence-electron chi connectivity index (χ1n) is 7.53. The van der Waals surface area contributed by atoms with Crippen molar-refractivity contribution in [3.05, 3.63) is 29.8 Å². The van der Waals surface area contributed by atoms with Crippen LogP contribution in [0.2, 0.25) is 0 Å². The summed E-state index contributed by atoms with van der Waals surface area (Å²) in [6.07, 6.45) is 3.10. The number of hydrogen-bond donors (Lipinski definition) is 0. The monoisotopic (exact) mass is 271 g/mol. The van der Waals surface area contributed by atoms with Gasteiger partial charge in [0, 0.05) is 0 Å². The van der Waals surface area contributed by atoms with Crippen molar-refractivity contribution in [3.63, 3.8) is 0 Å². The molecule has 0 N–H and O–H groups in total. The maximum absolute atomic E-state index is 9.37. The van der Waals surface area contributed by atoms with Gasteiger partial charge < -0.3 is 4.74 Å². The van der Waals surface area contributed by atoms with E-state index in [-0.39, 0.29) is 17.4 Å². The quantitative estimate of drug-likeness (QED) is 0.779. The fourth-order valence-corrected chi connectivity index (χ4v) is 3.05. The van der Waals surface area contributed by atoms with Crippen molar-refractivity contribution >= 4 is 0 Å². The molecule has 3 unspecified atom stereocenters. The van der Waals surface area contributed by atoms with Crippen molar-refractivity contribution in [1.29, 1.82) is 5.26 Å². The zero-order chi connectivity index (χ0) is 14.8. The van der Waals surface area contributed by atoms with Crippen molar-refractivity contribution in [2.45, 2.75) is 53.1 Å². The molecular weight excluding hydrogens is 246 g/mol. The van der Waals surface area contributed by atoms with Crippen molar-refractivity contribution in [2.75, 3.05) is 0 Å². The van der Waals surface area contributed by atoms with Gasteiger partial charge in [0.2, 0.25) is 0 Å². The Morgan fingerprint density at radius 1 is 1.20 bits per heavy atom. The summed E-state index contributed by atoms with van der Waals surface area (Å²) in [6.45, 7) is 8.92. The SMILES string of the molecule is Cc1ccccc1OC1CC(C(C)(C)C)CCC1C#N. The lowest BCUT2D eigenvalue weighted by Crippen LogP contribution is -2.38. The smallest absolute Gasteiger partial charge is 0.122 e. The first-order valence-corrected chi connectivity index (χ1v) is 7.53. The van der Waals surface area contributed by atoms with E-state index in [9.17, 15) is 5.26 Å². The van der Waals surface area contributed by atoms with E-state index < -0.39 is 0 Å². The average molecular weight is 271 g/mol. The lowest BCUT2D eigenvalue weighted by molar-refractivity contribution is 0.0489. The molecule has 1 aromatic carbocycles. The molecule has 0 radical (unpaired) electrons. The topological polar surface area (TPSA) is 33.0 Å². The van der Waals surface area contributed by atoms with Gasteiger partial charge in [-0.1, -0.05) is 39.0 Å². The molecule has 0 bridgehead atoms. The van der Waals surface area contributed by atoms with E-state index in [1.807, 2.05) is 18.2 Å². The Kier molecular flexibility index (Phi) is 4.38. The molecule has 3 atom stereocenters. The van der Waals surface area contributed by atoms with Crippen LogP contribution in [0.3, 0.4) is 0 Å². The van der Waals surface area contributed by atoms with Gasteiger partial charge in [-0.3, -0.25) is 0 Å². The highest BCUT2D eigenvalue weighted by atomic mass is 16.5. The number of hydrogen-bond acceptors (Lipinski definition) is 2. The number of nitriles is 1. The summed E-state index contributed by atoms with van der Waals surface area (Å²) < 4.78 is 6.19. The largest absolute Gasteiger partial charge is 0.489 e. The van der Waals surface area contributed by atoms with Crippen molar-refractivity contribution in [3.8, 4) is 11.8 Å². The predicted octanol–water partition coefficient (Wildman–Crippen LogP) is 4.73. The summed E-state index contributed by atoms with van der Waals surface area (Å²) in [5, 5.41) is 9.37. The zero-order valence-corrected chi connectivity index (χ0v) is 13.0. The highest BCUT2D eigenvalue weighted by molar-refractivity contribution is 5.32. The van der Waals surface area contributed by atoms with Crippen LogP contribution in [0.25, 0.3) is 0 Å². The zero-order valence-electron chi connectivity index (χ0n) is 13.0. The molecular formula is C18H25NO. The molecule has 2 rings (SSSR count). The fourth-order valence-electron chi connectivity index (χ4n) is 3.05. The molecule has 0 spiro atoms. The van der Waals surface area contributed by atoms with Crippen LogP contribution >= 0.6 is 0 Å². The molecule has 2 nitrogen and oxygen atoms in total. The molecule has 1 fully saturated rings. The second-order valence-corrected chi connectivity index (χ2v) is 7.03. The van der Waals surface area contributed by atoms with E-state index >= 15 is 0 Å². The van der Waals surface area contributed by atoms with Crippen LogP contribution in [0.5, 0.6) is 5.75 Å². The molecule has 1 aliphatic carbocycles. The first-order chi connectivity index (χ1) is 9.41. The van der Waals surface area contributed by atoms with Gasteiger partial charge in [0.1, 0.15) is 11.9 Å². The van der Waals surface area contributed by atoms with E-state index in [1.54, 1.807) is 0 Å². The number of aryl methyl sites for hydroxylation is 1. The maximum Gasteiger partial charge on any atom is 0.122 e. The molecule has 1 saturated carbocycles. The van der Waals surface area contributed by atoms with Gasteiger partial charge in [0.05, 0.1) is 12.0 Å². The minimum Gasteiger partial charge on any atom is -0.489 e. The van der Waals surface area contributed by atoms with Gasteiger partial charge in [0.15, 0.2) is 0 Å². The molecule has 2 heteroatoms. The van der Waals surface area contributed by atoms with Crippen molar-refractivity contribution < 1.29 is 4.74 Å². The summed E-state index contributed by atoms with van der Waals surface area (Å²) in [6, 6.07) is 10.5. The van der Waals surface area contributed by atoms with Crippen LogP contribution in [0.1, 0.15) is 45.6 Å². The Bertz CT molecular complexity index is 495. The number of para-hydroxylation sites is 1. The lowest BCUT2D eigenvalue weighted by atomic mass is 9.69. The molecule has 108 valence electrons. The van der Waals surface area contributed by atoms with Gasteiger partial charge in [-0.05, 0) is 49.1 Å². The normalized spacial score (nSPS) is 26.9. The molecule has 1 aliphatic rings. The Labute approximate surface area is 122 Å². The summed E-state index contributed by atoms with van der Waals surface area (Å²) in [4.78, 5) is 0. The van der Waals surface area contributed by atoms with Crippen LogP contribution in [0.15, 0.2) is 24.3 Å². The third-order valence-electron chi connectivity index (χ3n) is 4.55. The van der Waals surface area contributed by atoms with Crippen molar-refractivity contribution in [1.82, 2.24) is 0 Å². The fraction of sp³-hybridized carbons (Fsp3) is 0.611. The molecule has 0 saturated heterocycles. The van der Waals surface area contributed by atoms with E-state index in [4.69, 9.17) is 4.74 Å². The molecule has 0 heterocycles. The predicted molar refractivity (Wildman–Crippen MR) is 81.5 cm³/mol. The summed E-state index contributed by atoms with van der Waals surface area (Å²) in [5.41, 5.74) is 1.43. The van der Waals surface area contributed by atoms with E-state index in [0.717, 1.165) is 30.6 Å². The van der Waals surface area contributed by atoms with Gasteiger partial charge in [-0.2, -0.15) is 5.26 Å².